The zero-order valence-corrected chi connectivity index (χ0v) is 10.7. The molecule has 7 nitrogen and oxygen atoms in total. The number of aromatic nitrogens is 3. The van der Waals surface area contributed by atoms with Crippen LogP contribution in [-0.4, -0.2) is 20.1 Å². The number of halogens is 3. The molecule has 2 aromatic rings. The summed E-state index contributed by atoms with van der Waals surface area (Å²) in [6.45, 7) is 1.64. The van der Waals surface area contributed by atoms with Crippen LogP contribution in [0.15, 0.2) is 24.7 Å². The molecule has 0 aliphatic rings. The number of aromatic amines is 1. The highest BCUT2D eigenvalue weighted by molar-refractivity contribution is 5.62. The van der Waals surface area contributed by atoms with Gasteiger partial charge in [-0.3, -0.25) is 15.2 Å². The molecule has 21 heavy (non-hydrogen) atoms. The Kier molecular flexibility index (Phi) is 3.78. The molecule has 0 radical (unpaired) electrons. The van der Waals surface area contributed by atoms with Crippen LogP contribution in [0.3, 0.4) is 0 Å². The quantitative estimate of drug-likeness (QED) is 0.668. The number of H-pyrrole nitrogens is 1. The van der Waals surface area contributed by atoms with E-state index in [9.17, 15) is 23.3 Å². The van der Waals surface area contributed by atoms with Crippen LogP contribution in [0.4, 0.5) is 24.5 Å². The molecular weight excluding hydrogens is 291 g/mol. The maximum Gasteiger partial charge on any atom is 0.433 e. The molecule has 0 aliphatic heterocycles. The van der Waals surface area contributed by atoms with Gasteiger partial charge in [0.1, 0.15) is 17.6 Å². The molecule has 10 heteroatoms. The number of nitrogens with zero attached hydrogens (tertiary/aromatic N) is 3. The fourth-order valence-corrected chi connectivity index (χ4v) is 1.68. The summed E-state index contributed by atoms with van der Waals surface area (Å²) in [5.74, 6) is 0. The third-order valence-corrected chi connectivity index (χ3v) is 2.76. The van der Waals surface area contributed by atoms with Crippen LogP contribution in [-0.2, 0) is 6.18 Å². The normalized spacial score (nSPS) is 13.0. The van der Waals surface area contributed by atoms with Gasteiger partial charge in [-0.1, -0.05) is 0 Å². The van der Waals surface area contributed by atoms with Gasteiger partial charge in [0, 0.05) is 11.8 Å². The molecule has 0 aromatic carbocycles. The van der Waals surface area contributed by atoms with Gasteiger partial charge < -0.3 is 5.32 Å². The minimum Gasteiger partial charge on any atom is -0.373 e. The molecule has 2 heterocycles. The number of nitrogens with one attached hydrogen (secondary N) is 2. The summed E-state index contributed by atoms with van der Waals surface area (Å²) in [5, 5.41) is 19.8. The summed E-state index contributed by atoms with van der Waals surface area (Å²) in [4.78, 5) is 13.2. The lowest BCUT2D eigenvalue weighted by Gasteiger charge is -2.15. The summed E-state index contributed by atoms with van der Waals surface area (Å²) in [6, 6.07) is 0.153. The topological polar surface area (TPSA) is 96.7 Å². The van der Waals surface area contributed by atoms with E-state index in [1.54, 1.807) is 6.92 Å². The van der Waals surface area contributed by atoms with Crippen molar-refractivity contribution in [1.82, 2.24) is 15.2 Å². The van der Waals surface area contributed by atoms with Crippen molar-refractivity contribution in [3.05, 3.63) is 46.0 Å². The van der Waals surface area contributed by atoms with Crippen molar-refractivity contribution >= 4 is 11.4 Å². The van der Waals surface area contributed by atoms with E-state index in [1.165, 1.54) is 12.4 Å². The molecule has 2 aromatic heterocycles. The van der Waals surface area contributed by atoms with Crippen LogP contribution in [0.1, 0.15) is 24.2 Å². The maximum atomic E-state index is 12.6. The number of rotatable bonds is 4. The number of nitro groups is 1. The average molecular weight is 301 g/mol. The summed E-state index contributed by atoms with van der Waals surface area (Å²) in [7, 11) is 0. The number of hydrogen-bond donors (Lipinski definition) is 2. The molecule has 0 spiro atoms. The molecule has 0 amide bonds. The maximum absolute atomic E-state index is 12.6. The van der Waals surface area contributed by atoms with Crippen molar-refractivity contribution in [3.63, 3.8) is 0 Å². The fourth-order valence-electron chi connectivity index (χ4n) is 1.68. The van der Waals surface area contributed by atoms with E-state index < -0.39 is 28.5 Å². The first-order chi connectivity index (χ1) is 9.79. The Morgan fingerprint density at radius 3 is 2.67 bits per heavy atom. The van der Waals surface area contributed by atoms with Crippen molar-refractivity contribution in [3.8, 4) is 0 Å². The molecule has 1 unspecified atom stereocenters. The molecule has 0 bridgehead atoms. The largest absolute Gasteiger partial charge is 0.433 e. The van der Waals surface area contributed by atoms with Gasteiger partial charge in [0.05, 0.1) is 17.2 Å². The first-order valence-corrected chi connectivity index (χ1v) is 5.76. The van der Waals surface area contributed by atoms with Gasteiger partial charge in [0.15, 0.2) is 0 Å². The van der Waals surface area contributed by atoms with Crippen LogP contribution in [0.25, 0.3) is 0 Å². The SMILES string of the molecule is CC(Nc1cc(C(F)(F)F)ncc1[N+](=O)[O-])c1cn[nH]c1. The summed E-state index contributed by atoms with van der Waals surface area (Å²) in [5.41, 5.74) is -1.33. The lowest BCUT2D eigenvalue weighted by molar-refractivity contribution is -0.384. The average Bonchev–Trinajstić information content (AvgIpc) is 2.91. The lowest BCUT2D eigenvalue weighted by atomic mass is 10.1. The Labute approximate surface area is 116 Å². The number of alkyl halides is 3. The molecule has 0 aliphatic carbocycles. The van der Waals surface area contributed by atoms with E-state index in [0.717, 1.165) is 0 Å². The van der Waals surface area contributed by atoms with Crippen molar-refractivity contribution in [2.75, 3.05) is 5.32 Å². The Hall–Kier alpha value is -2.65. The fraction of sp³-hybridized carbons (Fsp3) is 0.273. The molecule has 0 saturated heterocycles. The van der Waals surface area contributed by atoms with Gasteiger partial charge in [-0.25, -0.2) is 4.98 Å². The van der Waals surface area contributed by atoms with Crippen LogP contribution < -0.4 is 5.32 Å². The molecule has 1 atom stereocenters. The molecule has 0 saturated carbocycles. The van der Waals surface area contributed by atoms with Gasteiger partial charge >= 0.3 is 11.9 Å². The van der Waals surface area contributed by atoms with E-state index in [0.29, 0.717) is 17.8 Å². The van der Waals surface area contributed by atoms with E-state index in [4.69, 9.17) is 0 Å². The summed E-state index contributed by atoms with van der Waals surface area (Å²) >= 11 is 0. The molecule has 2 N–H and O–H groups in total. The van der Waals surface area contributed by atoms with Crippen LogP contribution in [0.5, 0.6) is 0 Å². The molecule has 112 valence electrons. The first kappa shape index (κ1) is 14.8. The Morgan fingerprint density at radius 1 is 1.43 bits per heavy atom. The molecule has 0 fully saturated rings. The lowest BCUT2D eigenvalue weighted by Crippen LogP contribution is -2.12. The number of anilines is 1. The van der Waals surface area contributed by atoms with Gasteiger partial charge in [-0.05, 0) is 13.0 Å². The molecular formula is C11H10F3N5O2. The van der Waals surface area contributed by atoms with E-state index in [1.807, 2.05) is 0 Å². The second-order valence-electron chi connectivity index (χ2n) is 4.24. The van der Waals surface area contributed by atoms with Gasteiger partial charge in [0.25, 0.3) is 0 Å². The van der Waals surface area contributed by atoms with Crippen molar-refractivity contribution in [1.29, 1.82) is 0 Å². The third kappa shape index (κ3) is 3.27. The number of pyridine rings is 1. The number of hydrogen-bond acceptors (Lipinski definition) is 5. The van der Waals surface area contributed by atoms with Crippen LogP contribution in [0, 0.1) is 10.1 Å². The summed E-state index contributed by atoms with van der Waals surface area (Å²) in [6.07, 6.45) is -1.08. The standard InChI is InChI=1S/C11H10F3N5O2/c1-6(7-3-16-17-4-7)18-8-2-10(11(12,13)14)15-5-9(8)19(20)21/h2-6H,1H3,(H,15,18)(H,16,17). The van der Waals surface area contributed by atoms with Gasteiger partial charge in [-0.2, -0.15) is 18.3 Å². The van der Waals surface area contributed by atoms with E-state index >= 15 is 0 Å². The zero-order chi connectivity index (χ0) is 15.6. The first-order valence-electron chi connectivity index (χ1n) is 5.76. The Bertz CT molecular complexity index is 642. The predicted octanol–water partition coefficient (Wildman–Crippen LogP) is 2.90. The Balaban J connectivity index is 2.37. The van der Waals surface area contributed by atoms with Crippen LogP contribution in [0.2, 0.25) is 0 Å². The predicted molar refractivity (Wildman–Crippen MR) is 66.5 cm³/mol. The Morgan fingerprint density at radius 2 is 2.14 bits per heavy atom. The van der Waals surface area contributed by atoms with Crippen molar-refractivity contribution < 1.29 is 18.1 Å². The van der Waals surface area contributed by atoms with Crippen molar-refractivity contribution in [2.45, 2.75) is 19.1 Å². The highest BCUT2D eigenvalue weighted by Gasteiger charge is 2.34. The minimum atomic E-state index is -4.68. The smallest absolute Gasteiger partial charge is 0.373 e. The van der Waals surface area contributed by atoms with Gasteiger partial charge in [0.2, 0.25) is 0 Å². The van der Waals surface area contributed by atoms with Crippen LogP contribution >= 0.6 is 0 Å². The van der Waals surface area contributed by atoms with E-state index in [2.05, 4.69) is 20.5 Å². The third-order valence-electron chi connectivity index (χ3n) is 2.76. The van der Waals surface area contributed by atoms with E-state index in [-0.39, 0.29) is 5.69 Å². The highest BCUT2D eigenvalue weighted by Crippen LogP contribution is 2.34. The highest BCUT2D eigenvalue weighted by atomic mass is 19.4. The summed E-state index contributed by atoms with van der Waals surface area (Å²) < 4.78 is 37.9. The van der Waals surface area contributed by atoms with Gasteiger partial charge in [-0.15, -0.1) is 0 Å². The molecule has 2 rings (SSSR count). The zero-order valence-electron chi connectivity index (χ0n) is 10.7. The monoisotopic (exact) mass is 301 g/mol. The minimum absolute atomic E-state index is 0.254. The second kappa shape index (κ2) is 5.38. The second-order valence-corrected chi connectivity index (χ2v) is 4.24. The van der Waals surface area contributed by atoms with Crippen molar-refractivity contribution in [2.24, 2.45) is 0 Å².